The predicted molar refractivity (Wildman–Crippen MR) is 116 cm³/mol. The number of carbonyl (C=O) groups excluding carboxylic acids is 1. The lowest BCUT2D eigenvalue weighted by molar-refractivity contribution is -0.132. The highest BCUT2D eigenvalue weighted by molar-refractivity contribution is 5.86. The molecule has 1 aliphatic rings. The summed E-state index contributed by atoms with van der Waals surface area (Å²) in [7, 11) is 0. The minimum Gasteiger partial charge on any atom is -0.342 e. The number of nitrogens with zero attached hydrogens (tertiary/aromatic N) is 4. The van der Waals surface area contributed by atoms with Crippen LogP contribution in [-0.4, -0.2) is 40.6 Å². The van der Waals surface area contributed by atoms with Gasteiger partial charge in [-0.3, -0.25) is 19.8 Å². The number of aromatic nitrogens is 2. The molecule has 148 valence electrons. The van der Waals surface area contributed by atoms with Gasteiger partial charge in [-0.2, -0.15) is 0 Å². The molecule has 1 aromatic carbocycles. The highest BCUT2D eigenvalue weighted by atomic mass is 16.2. The lowest BCUT2D eigenvalue weighted by Gasteiger charge is -2.37. The Bertz CT molecular complexity index is 1020. The SMILES string of the molecule is C=NCc1ccc([C@H]2C[C@@H](C)CN(C(=O)Cc3cccnc3)C2)c2cccnc12. The Hall–Kier alpha value is -3.08. The molecule has 3 heterocycles. The first kappa shape index (κ1) is 19.2. The normalized spacial score (nSPS) is 19.3. The van der Waals surface area contributed by atoms with Gasteiger partial charge in [0.1, 0.15) is 0 Å². The quantitative estimate of drug-likeness (QED) is 0.622. The second kappa shape index (κ2) is 8.52. The van der Waals surface area contributed by atoms with Crippen molar-refractivity contribution in [3.63, 3.8) is 0 Å². The summed E-state index contributed by atoms with van der Waals surface area (Å²) in [5.41, 5.74) is 4.31. The topological polar surface area (TPSA) is 58.5 Å². The molecule has 5 heteroatoms. The van der Waals surface area contributed by atoms with Gasteiger partial charge >= 0.3 is 0 Å². The van der Waals surface area contributed by atoms with Crippen LogP contribution in [0.5, 0.6) is 0 Å². The largest absolute Gasteiger partial charge is 0.342 e. The zero-order valence-corrected chi connectivity index (χ0v) is 16.8. The van der Waals surface area contributed by atoms with Gasteiger partial charge in [0.25, 0.3) is 0 Å². The summed E-state index contributed by atoms with van der Waals surface area (Å²) in [6, 6.07) is 12.3. The van der Waals surface area contributed by atoms with Crippen LogP contribution in [0.3, 0.4) is 0 Å². The third-order valence-corrected chi connectivity index (χ3v) is 5.70. The third-order valence-electron chi connectivity index (χ3n) is 5.70. The molecule has 1 aliphatic heterocycles. The molecular weight excluding hydrogens is 360 g/mol. The maximum atomic E-state index is 13.0. The van der Waals surface area contributed by atoms with Crippen molar-refractivity contribution in [2.75, 3.05) is 13.1 Å². The molecular formula is C24H26N4O. The maximum absolute atomic E-state index is 13.0. The van der Waals surface area contributed by atoms with Gasteiger partial charge in [0, 0.05) is 43.0 Å². The molecule has 29 heavy (non-hydrogen) atoms. The summed E-state index contributed by atoms with van der Waals surface area (Å²) in [5, 5.41) is 1.16. The minimum atomic E-state index is 0.171. The van der Waals surface area contributed by atoms with Gasteiger partial charge < -0.3 is 4.90 Å². The number of piperidine rings is 1. The number of benzene rings is 1. The number of rotatable bonds is 5. The van der Waals surface area contributed by atoms with E-state index in [0.717, 1.165) is 41.5 Å². The van der Waals surface area contributed by atoms with Crippen LogP contribution < -0.4 is 0 Å². The van der Waals surface area contributed by atoms with Crippen molar-refractivity contribution >= 4 is 23.5 Å². The fourth-order valence-electron chi connectivity index (χ4n) is 4.43. The van der Waals surface area contributed by atoms with Crippen LogP contribution >= 0.6 is 0 Å². The van der Waals surface area contributed by atoms with E-state index in [2.05, 4.69) is 46.8 Å². The van der Waals surface area contributed by atoms with Crippen molar-refractivity contribution in [3.8, 4) is 0 Å². The van der Waals surface area contributed by atoms with E-state index in [9.17, 15) is 4.79 Å². The molecule has 2 aromatic heterocycles. The first-order chi connectivity index (χ1) is 14.2. The van der Waals surface area contributed by atoms with Gasteiger partial charge in [0.2, 0.25) is 5.91 Å². The van der Waals surface area contributed by atoms with Gasteiger partial charge in [0.15, 0.2) is 0 Å². The number of hydrogen-bond acceptors (Lipinski definition) is 4. The molecule has 0 unspecified atom stereocenters. The molecule has 4 rings (SSSR count). The molecule has 1 amide bonds. The number of fused-ring (bicyclic) bond motifs is 1. The van der Waals surface area contributed by atoms with Crippen LogP contribution in [0, 0.1) is 5.92 Å². The molecule has 2 atom stereocenters. The lowest BCUT2D eigenvalue weighted by Crippen LogP contribution is -2.43. The molecule has 0 spiro atoms. The van der Waals surface area contributed by atoms with Crippen molar-refractivity contribution in [2.45, 2.75) is 32.2 Å². The fourth-order valence-corrected chi connectivity index (χ4v) is 4.43. The van der Waals surface area contributed by atoms with Crippen LogP contribution in [0.1, 0.15) is 36.0 Å². The van der Waals surface area contributed by atoms with E-state index in [-0.39, 0.29) is 5.91 Å². The van der Waals surface area contributed by atoms with Crippen molar-refractivity contribution in [3.05, 3.63) is 71.7 Å². The predicted octanol–water partition coefficient (Wildman–Crippen LogP) is 4.03. The maximum Gasteiger partial charge on any atom is 0.227 e. The molecule has 1 fully saturated rings. The van der Waals surface area contributed by atoms with Crippen molar-refractivity contribution in [1.82, 2.24) is 14.9 Å². The highest BCUT2D eigenvalue weighted by Crippen LogP contribution is 2.35. The van der Waals surface area contributed by atoms with Gasteiger partial charge in [-0.1, -0.05) is 31.2 Å². The summed E-state index contributed by atoms with van der Waals surface area (Å²) in [6.07, 6.45) is 6.80. The minimum absolute atomic E-state index is 0.171. The Morgan fingerprint density at radius 2 is 2.07 bits per heavy atom. The van der Waals surface area contributed by atoms with E-state index in [1.807, 2.05) is 29.3 Å². The monoisotopic (exact) mass is 386 g/mol. The van der Waals surface area contributed by atoms with Crippen LogP contribution in [0.15, 0.2) is 60.0 Å². The van der Waals surface area contributed by atoms with Crippen LogP contribution in [-0.2, 0) is 17.8 Å². The van der Waals surface area contributed by atoms with Crippen molar-refractivity contribution < 1.29 is 4.79 Å². The standard InChI is InChI=1S/C24H26N4O/c1-17-11-20(16-28(15-17)23(29)12-18-5-3-9-26-13-18)21-8-7-19(14-25-2)24-22(21)6-4-10-27-24/h3-10,13,17,20H,2,11-12,14-16H2,1H3/t17-,20+/m1/s1. The highest BCUT2D eigenvalue weighted by Gasteiger charge is 2.30. The summed E-state index contributed by atoms with van der Waals surface area (Å²) < 4.78 is 0. The number of amides is 1. The zero-order valence-electron chi connectivity index (χ0n) is 16.8. The molecule has 0 N–H and O–H groups in total. The first-order valence-electron chi connectivity index (χ1n) is 10.1. The van der Waals surface area contributed by atoms with Crippen molar-refractivity contribution in [2.24, 2.45) is 10.9 Å². The second-order valence-corrected chi connectivity index (χ2v) is 7.97. The van der Waals surface area contributed by atoms with Crippen LogP contribution in [0.25, 0.3) is 10.9 Å². The summed E-state index contributed by atoms with van der Waals surface area (Å²) in [5.74, 6) is 0.923. The van der Waals surface area contributed by atoms with Gasteiger partial charge in [-0.25, -0.2) is 0 Å². The Morgan fingerprint density at radius 1 is 1.21 bits per heavy atom. The number of aliphatic imine (C=N–C) groups is 1. The molecule has 0 bridgehead atoms. The third kappa shape index (κ3) is 4.19. The number of hydrogen-bond donors (Lipinski definition) is 0. The smallest absolute Gasteiger partial charge is 0.227 e. The van der Waals surface area contributed by atoms with E-state index in [4.69, 9.17) is 0 Å². The molecule has 3 aromatic rings. The molecule has 0 radical (unpaired) electrons. The average Bonchev–Trinajstić information content (AvgIpc) is 2.74. The summed E-state index contributed by atoms with van der Waals surface area (Å²) in [4.78, 5) is 27.8. The summed E-state index contributed by atoms with van der Waals surface area (Å²) >= 11 is 0. The van der Waals surface area contributed by atoms with Crippen molar-refractivity contribution in [1.29, 1.82) is 0 Å². The van der Waals surface area contributed by atoms with Gasteiger partial charge in [-0.15, -0.1) is 0 Å². The van der Waals surface area contributed by atoms with Crippen LogP contribution in [0.4, 0.5) is 0 Å². The summed E-state index contributed by atoms with van der Waals surface area (Å²) in [6.45, 7) is 7.96. The average molecular weight is 386 g/mol. The van der Waals surface area contributed by atoms with E-state index >= 15 is 0 Å². The lowest BCUT2D eigenvalue weighted by atomic mass is 9.83. The Kier molecular flexibility index (Phi) is 5.65. The molecule has 5 nitrogen and oxygen atoms in total. The van der Waals surface area contributed by atoms with Crippen LogP contribution in [0.2, 0.25) is 0 Å². The van der Waals surface area contributed by atoms with E-state index in [0.29, 0.717) is 24.8 Å². The Morgan fingerprint density at radius 3 is 2.86 bits per heavy atom. The Labute approximate surface area is 171 Å². The Balaban J connectivity index is 1.61. The zero-order chi connectivity index (χ0) is 20.2. The number of pyridine rings is 2. The van der Waals surface area contributed by atoms with Gasteiger partial charge in [0.05, 0.1) is 18.5 Å². The van der Waals surface area contributed by atoms with E-state index < -0.39 is 0 Å². The van der Waals surface area contributed by atoms with E-state index in [1.165, 1.54) is 5.56 Å². The first-order valence-corrected chi connectivity index (χ1v) is 10.1. The molecule has 0 aliphatic carbocycles. The fraction of sp³-hybridized carbons (Fsp3) is 0.333. The second-order valence-electron chi connectivity index (χ2n) is 7.97. The van der Waals surface area contributed by atoms with E-state index in [1.54, 1.807) is 12.4 Å². The molecule has 0 saturated carbocycles. The molecule has 1 saturated heterocycles. The number of carbonyl (C=O) groups is 1. The number of likely N-dealkylation sites (tertiary alicyclic amines) is 1. The van der Waals surface area contributed by atoms with Gasteiger partial charge in [-0.05, 0) is 47.9 Å².